The quantitative estimate of drug-likeness (QED) is 0.699. The Kier molecular flexibility index (Phi) is 4.16. The molecule has 0 saturated carbocycles. The highest BCUT2D eigenvalue weighted by atomic mass is 35.5. The standard InChI is InChI=1S/C20H20Cl2N2S/c21-15-3-1-4-16(22)19(15)12-9-13-14-11-23-6-5-17(14)24-7-2-8-25-18(10-12)20(13)24/h1,3-4,9-10,14,17,23H,2,5-8,11H2/t14-,17-/m1/s1. The Balaban J connectivity index is 1.72. The van der Waals surface area contributed by atoms with Crippen molar-refractivity contribution in [1.82, 2.24) is 5.32 Å². The van der Waals surface area contributed by atoms with Crippen molar-refractivity contribution in [3.05, 3.63) is 45.9 Å². The second-order valence-electron chi connectivity index (χ2n) is 7.07. The minimum atomic E-state index is 0.572. The van der Waals surface area contributed by atoms with Gasteiger partial charge in [-0.1, -0.05) is 29.3 Å². The van der Waals surface area contributed by atoms with Crippen molar-refractivity contribution >= 4 is 40.7 Å². The first kappa shape index (κ1) is 16.3. The van der Waals surface area contributed by atoms with Gasteiger partial charge in [-0.2, -0.15) is 0 Å². The normalized spacial score (nSPS) is 24.6. The van der Waals surface area contributed by atoms with Gasteiger partial charge in [0.25, 0.3) is 0 Å². The molecule has 0 radical (unpaired) electrons. The topological polar surface area (TPSA) is 15.3 Å². The number of nitrogens with one attached hydrogen (secondary N) is 1. The summed E-state index contributed by atoms with van der Waals surface area (Å²) in [5.74, 6) is 1.75. The van der Waals surface area contributed by atoms with Crippen LogP contribution in [0.15, 0.2) is 35.2 Å². The van der Waals surface area contributed by atoms with Crippen LogP contribution >= 0.6 is 35.0 Å². The summed E-state index contributed by atoms with van der Waals surface area (Å²) in [5, 5.41) is 5.05. The van der Waals surface area contributed by atoms with Crippen molar-refractivity contribution < 1.29 is 0 Å². The number of anilines is 1. The summed E-state index contributed by atoms with van der Waals surface area (Å²) in [4.78, 5) is 4.09. The van der Waals surface area contributed by atoms with Crippen molar-refractivity contribution in [2.24, 2.45) is 0 Å². The molecule has 0 aliphatic carbocycles. The van der Waals surface area contributed by atoms with E-state index in [1.54, 1.807) is 0 Å². The molecule has 130 valence electrons. The van der Waals surface area contributed by atoms with Crippen molar-refractivity contribution in [1.29, 1.82) is 0 Å². The molecule has 1 N–H and O–H groups in total. The van der Waals surface area contributed by atoms with Crippen LogP contribution in [0.25, 0.3) is 11.1 Å². The summed E-state index contributed by atoms with van der Waals surface area (Å²) in [6.07, 6.45) is 2.48. The largest absolute Gasteiger partial charge is 0.367 e. The average molecular weight is 391 g/mol. The number of benzene rings is 2. The highest BCUT2D eigenvalue weighted by molar-refractivity contribution is 7.99. The Bertz CT molecular complexity index is 818. The average Bonchev–Trinajstić information content (AvgIpc) is 2.77. The molecule has 2 aromatic carbocycles. The van der Waals surface area contributed by atoms with Crippen molar-refractivity contribution in [3.8, 4) is 11.1 Å². The lowest BCUT2D eigenvalue weighted by molar-refractivity contribution is 0.403. The third kappa shape index (κ3) is 2.59. The fourth-order valence-electron chi connectivity index (χ4n) is 4.64. The van der Waals surface area contributed by atoms with Crippen LogP contribution in [0.3, 0.4) is 0 Å². The van der Waals surface area contributed by atoms with Gasteiger partial charge in [-0.15, -0.1) is 11.8 Å². The maximum absolute atomic E-state index is 6.51. The molecule has 0 amide bonds. The van der Waals surface area contributed by atoms with Crippen LogP contribution in [0.5, 0.6) is 0 Å². The molecule has 5 rings (SSSR count). The summed E-state index contributed by atoms with van der Waals surface area (Å²) in [6, 6.07) is 11.1. The monoisotopic (exact) mass is 390 g/mol. The van der Waals surface area contributed by atoms with Gasteiger partial charge >= 0.3 is 0 Å². The van der Waals surface area contributed by atoms with Crippen LogP contribution in [-0.4, -0.2) is 31.4 Å². The van der Waals surface area contributed by atoms with Crippen LogP contribution < -0.4 is 10.2 Å². The van der Waals surface area contributed by atoms with E-state index in [2.05, 4.69) is 22.3 Å². The number of piperidine rings is 1. The highest BCUT2D eigenvalue weighted by Gasteiger charge is 2.42. The molecule has 3 aliphatic heterocycles. The minimum absolute atomic E-state index is 0.572. The molecular formula is C20H20Cl2N2S. The summed E-state index contributed by atoms with van der Waals surface area (Å²) in [5.41, 5.74) is 5.08. The molecule has 0 unspecified atom stereocenters. The number of hydrogen-bond donors (Lipinski definition) is 1. The van der Waals surface area contributed by atoms with Crippen molar-refractivity contribution in [3.63, 3.8) is 0 Å². The second-order valence-corrected chi connectivity index (χ2v) is 9.02. The van der Waals surface area contributed by atoms with E-state index in [0.29, 0.717) is 12.0 Å². The summed E-state index contributed by atoms with van der Waals surface area (Å²) >= 11 is 15.0. The maximum Gasteiger partial charge on any atom is 0.0544 e. The summed E-state index contributed by atoms with van der Waals surface area (Å²) < 4.78 is 0. The molecule has 0 bridgehead atoms. The van der Waals surface area contributed by atoms with Crippen LogP contribution in [0, 0.1) is 0 Å². The van der Waals surface area contributed by atoms with Gasteiger partial charge in [0, 0.05) is 45.6 Å². The van der Waals surface area contributed by atoms with Gasteiger partial charge in [0.15, 0.2) is 0 Å². The van der Waals surface area contributed by atoms with Gasteiger partial charge in [-0.25, -0.2) is 0 Å². The molecule has 3 heterocycles. The Morgan fingerprint density at radius 2 is 2.00 bits per heavy atom. The van der Waals surface area contributed by atoms with Gasteiger partial charge in [0.1, 0.15) is 0 Å². The van der Waals surface area contributed by atoms with Gasteiger partial charge in [0.2, 0.25) is 0 Å². The zero-order valence-corrected chi connectivity index (χ0v) is 16.2. The van der Waals surface area contributed by atoms with Crippen LogP contribution in [-0.2, 0) is 0 Å². The Morgan fingerprint density at radius 3 is 2.84 bits per heavy atom. The maximum atomic E-state index is 6.51. The van der Waals surface area contributed by atoms with Gasteiger partial charge in [0.05, 0.1) is 5.69 Å². The number of fused-ring (bicyclic) bond motifs is 3. The van der Waals surface area contributed by atoms with Crippen molar-refractivity contribution in [2.75, 3.05) is 30.3 Å². The molecule has 2 atom stereocenters. The van der Waals surface area contributed by atoms with E-state index in [1.165, 1.54) is 41.3 Å². The first-order chi connectivity index (χ1) is 12.2. The Labute approximate surface area is 162 Å². The second kappa shape index (κ2) is 6.38. The first-order valence-electron chi connectivity index (χ1n) is 8.96. The van der Waals surface area contributed by atoms with E-state index in [-0.39, 0.29) is 0 Å². The number of nitrogens with zero attached hydrogens (tertiary/aromatic N) is 1. The predicted molar refractivity (Wildman–Crippen MR) is 109 cm³/mol. The molecule has 2 nitrogen and oxygen atoms in total. The summed E-state index contributed by atoms with van der Waals surface area (Å²) in [6.45, 7) is 3.37. The van der Waals surface area contributed by atoms with E-state index in [0.717, 1.165) is 34.3 Å². The van der Waals surface area contributed by atoms with E-state index in [9.17, 15) is 0 Å². The first-order valence-corrected chi connectivity index (χ1v) is 10.7. The smallest absolute Gasteiger partial charge is 0.0544 e. The van der Waals surface area contributed by atoms with E-state index >= 15 is 0 Å². The molecule has 3 aliphatic rings. The van der Waals surface area contributed by atoms with Gasteiger partial charge in [-0.05, 0) is 60.5 Å². The lowest BCUT2D eigenvalue weighted by Crippen LogP contribution is -2.44. The van der Waals surface area contributed by atoms with Crippen LogP contribution in [0.2, 0.25) is 10.0 Å². The minimum Gasteiger partial charge on any atom is -0.367 e. The lowest BCUT2D eigenvalue weighted by atomic mass is 9.88. The van der Waals surface area contributed by atoms with Gasteiger partial charge < -0.3 is 10.2 Å². The van der Waals surface area contributed by atoms with E-state index < -0.39 is 0 Å². The number of thioether (sulfide) groups is 1. The van der Waals surface area contributed by atoms with E-state index in [4.69, 9.17) is 23.2 Å². The molecule has 25 heavy (non-hydrogen) atoms. The molecule has 0 aromatic heterocycles. The van der Waals surface area contributed by atoms with Crippen molar-refractivity contribution in [2.45, 2.75) is 29.7 Å². The molecular weight excluding hydrogens is 371 g/mol. The molecule has 5 heteroatoms. The zero-order chi connectivity index (χ0) is 17.0. The molecule has 1 saturated heterocycles. The van der Waals surface area contributed by atoms with Crippen LogP contribution in [0.1, 0.15) is 24.3 Å². The third-order valence-electron chi connectivity index (χ3n) is 5.69. The zero-order valence-electron chi connectivity index (χ0n) is 13.9. The van der Waals surface area contributed by atoms with Gasteiger partial charge in [-0.3, -0.25) is 0 Å². The molecule has 1 fully saturated rings. The number of halogens is 2. The number of hydrogen-bond acceptors (Lipinski definition) is 3. The molecule has 0 spiro atoms. The summed E-state index contributed by atoms with van der Waals surface area (Å²) in [7, 11) is 0. The molecule has 2 aromatic rings. The Morgan fingerprint density at radius 1 is 1.16 bits per heavy atom. The number of rotatable bonds is 1. The fraction of sp³-hybridized carbons (Fsp3) is 0.400. The fourth-order valence-corrected chi connectivity index (χ4v) is 6.33. The predicted octanol–water partition coefficient (Wildman–Crippen LogP) is 5.42. The highest BCUT2D eigenvalue weighted by Crippen LogP contribution is 2.51. The van der Waals surface area contributed by atoms with E-state index in [1.807, 2.05) is 30.0 Å². The lowest BCUT2D eigenvalue weighted by Gasteiger charge is -2.33. The SMILES string of the molecule is Clc1cccc(Cl)c1-c1cc2c3c(c1)[C@H]1CNCC[C@H]1N3CCCS2. The van der Waals surface area contributed by atoms with Crippen LogP contribution in [0.4, 0.5) is 5.69 Å². The third-order valence-corrected chi connectivity index (χ3v) is 7.43. The Hall–Kier alpha value is -0.870.